The molecule has 6 heteroatoms. The van der Waals surface area contributed by atoms with Gasteiger partial charge in [0, 0.05) is 17.7 Å². The standard InChI is InChI=1S/C15H10O6/c16-8-3-1-7(2-4-8)13(19)15-14(20)12-10(18)5-9(17)6-11(12)21-15/h1-6,16-19H/b15-13+. The lowest BCUT2D eigenvalue weighted by molar-refractivity contribution is 0.101. The zero-order valence-corrected chi connectivity index (χ0v) is 10.6. The van der Waals surface area contributed by atoms with Gasteiger partial charge in [-0.1, -0.05) is 0 Å². The molecule has 0 atom stereocenters. The number of hydrogen-bond acceptors (Lipinski definition) is 6. The minimum absolute atomic E-state index is 0.0149. The van der Waals surface area contributed by atoms with Crippen molar-refractivity contribution in [2.24, 2.45) is 0 Å². The number of ether oxygens (including phenoxy) is 1. The molecule has 0 bridgehead atoms. The molecular weight excluding hydrogens is 276 g/mol. The van der Waals surface area contributed by atoms with Crippen LogP contribution in [-0.2, 0) is 0 Å². The number of carbonyl (C=O) groups is 1. The highest BCUT2D eigenvalue weighted by Gasteiger charge is 2.34. The fourth-order valence-electron chi connectivity index (χ4n) is 2.07. The number of rotatable bonds is 1. The smallest absolute Gasteiger partial charge is 0.239 e. The fraction of sp³-hybridized carbons (Fsp3) is 0. The van der Waals surface area contributed by atoms with Crippen molar-refractivity contribution in [3.8, 4) is 23.0 Å². The highest BCUT2D eigenvalue weighted by atomic mass is 16.5. The van der Waals surface area contributed by atoms with E-state index in [0.29, 0.717) is 0 Å². The number of ketones is 1. The fourth-order valence-corrected chi connectivity index (χ4v) is 2.07. The van der Waals surface area contributed by atoms with E-state index in [-0.39, 0.29) is 34.1 Å². The highest BCUT2D eigenvalue weighted by Crippen LogP contribution is 2.41. The van der Waals surface area contributed by atoms with Gasteiger partial charge in [0.05, 0.1) is 0 Å². The highest BCUT2D eigenvalue weighted by molar-refractivity contribution is 6.17. The van der Waals surface area contributed by atoms with Crippen LogP contribution in [0.5, 0.6) is 23.0 Å². The SMILES string of the molecule is O=C1/C(=C(\O)c2ccc(O)cc2)Oc2cc(O)cc(O)c21. The van der Waals surface area contributed by atoms with Crippen molar-refractivity contribution in [2.75, 3.05) is 0 Å². The molecule has 3 rings (SSSR count). The van der Waals surface area contributed by atoms with Gasteiger partial charge >= 0.3 is 0 Å². The van der Waals surface area contributed by atoms with Gasteiger partial charge in [-0.3, -0.25) is 4.79 Å². The van der Waals surface area contributed by atoms with E-state index in [2.05, 4.69) is 0 Å². The maximum absolute atomic E-state index is 12.2. The summed E-state index contributed by atoms with van der Waals surface area (Å²) in [6, 6.07) is 7.71. The monoisotopic (exact) mass is 286 g/mol. The number of phenols is 3. The van der Waals surface area contributed by atoms with Crippen molar-refractivity contribution >= 4 is 11.5 Å². The first kappa shape index (κ1) is 12.9. The van der Waals surface area contributed by atoms with Gasteiger partial charge < -0.3 is 25.2 Å². The van der Waals surface area contributed by atoms with Crippen LogP contribution in [0.1, 0.15) is 15.9 Å². The third-order valence-electron chi connectivity index (χ3n) is 3.07. The van der Waals surface area contributed by atoms with Gasteiger partial charge in [-0.15, -0.1) is 0 Å². The first-order valence-corrected chi connectivity index (χ1v) is 5.98. The van der Waals surface area contributed by atoms with Gasteiger partial charge in [0.2, 0.25) is 11.5 Å². The van der Waals surface area contributed by atoms with E-state index < -0.39 is 17.3 Å². The number of carbonyl (C=O) groups excluding carboxylic acids is 1. The summed E-state index contributed by atoms with van der Waals surface area (Å²) in [6.07, 6.45) is 0. The van der Waals surface area contributed by atoms with Crippen molar-refractivity contribution in [3.63, 3.8) is 0 Å². The van der Waals surface area contributed by atoms with E-state index in [0.717, 1.165) is 6.07 Å². The summed E-state index contributed by atoms with van der Waals surface area (Å²) < 4.78 is 5.22. The first-order valence-electron chi connectivity index (χ1n) is 5.98. The molecule has 21 heavy (non-hydrogen) atoms. The molecule has 1 aliphatic heterocycles. The second kappa shape index (κ2) is 4.45. The lowest BCUT2D eigenvalue weighted by Gasteiger charge is -2.04. The molecule has 6 nitrogen and oxygen atoms in total. The number of allylic oxidation sites excluding steroid dienone is 1. The zero-order chi connectivity index (χ0) is 15.1. The van der Waals surface area contributed by atoms with Gasteiger partial charge in [-0.05, 0) is 24.3 Å². The summed E-state index contributed by atoms with van der Waals surface area (Å²) in [5.41, 5.74) is 0.154. The predicted octanol–water partition coefficient (Wildman–Crippen LogP) is 2.31. The van der Waals surface area contributed by atoms with Crippen molar-refractivity contribution in [1.82, 2.24) is 0 Å². The Morgan fingerprint density at radius 1 is 0.952 bits per heavy atom. The number of aliphatic hydroxyl groups excluding tert-OH is 1. The van der Waals surface area contributed by atoms with Gasteiger partial charge in [0.1, 0.15) is 28.6 Å². The second-order valence-electron chi connectivity index (χ2n) is 4.49. The Labute approximate surface area is 118 Å². The summed E-state index contributed by atoms with van der Waals surface area (Å²) in [7, 11) is 0. The molecule has 2 aromatic rings. The van der Waals surface area contributed by atoms with E-state index in [1.54, 1.807) is 0 Å². The summed E-state index contributed by atoms with van der Waals surface area (Å²) in [5, 5.41) is 38.4. The Morgan fingerprint density at radius 2 is 1.62 bits per heavy atom. The van der Waals surface area contributed by atoms with Gasteiger partial charge in [0.25, 0.3) is 0 Å². The topological polar surface area (TPSA) is 107 Å². The van der Waals surface area contributed by atoms with Crippen LogP contribution in [0.3, 0.4) is 0 Å². The molecular formula is C15H10O6. The second-order valence-corrected chi connectivity index (χ2v) is 4.49. The number of benzene rings is 2. The molecule has 0 fully saturated rings. The van der Waals surface area contributed by atoms with Crippen molar-refractivity contribution in [3.05, 3.63) is 53.3 Å². The number of hydrogen-bond donors (Lipinski definition) is 4. The van der Waals surface area contributed by atoms with E-state index in [1.807, 2.05) is 0 Å². The van der Waals surface area contributed by atoms with Crippen LogP contribution < -0.4 is 4.74 Å². The molecule has 1 aliphatic rings. The lowest BCUT2D eigenvalue weighted by Crippen LogP contribution is -2.03. The van der Waals surface area contributed by atoms with Crippen LogP contribution in [0.4, 0.5) is 0 Å². The molecule has 1 heterocycles. The summed E-state index contributed by atoms with van der Waals surface area (Å²) in [6.45, 7) is 0. The van der Waals surface area contributed by atoms with Crippen LogP contribution in [0, 0.1) is 0 Å². The zero-order valence-electron chi connectivity index (χ0n) is 10.6. The third kappa shape index (κ3) is 2.02. The predicted molar refractivity (Wildman–Crippen MR) is 72.4 cm³/mol. The molecule has 0 saturated carbocycles. The van der Waals surface area contributed by atoms with E-state index in [4.69, 9.17) is 4.74 Å². The maximum Gasteiger partial charge on any atom is 0.239 e. The number of aliphatic hydroxyl groups is 1. The minimum Gasteiger partial charge on any atom is -0.508 e. The van der Waals surface area contributed by atoms with E-state index >= 15 is 0 Å². The number of Topliss-reactive ketones (excluding diaryl/α,β-unsaturated/α-hetero) is 1. The van der Waals surface area contributed by atoms with Crippen molar-refractivity contribution in [2.45, 2.75) is 0 Å². The quantitative estimate of drug-likeness (QED) is 0.473. The molecule has 0 saturated heterocycles. The Morgan fingerprint density at radius 3 is 2.29 bits per heavy atom. The van der Waals surface area contributed by atoms with Crippen LogP contribution in [0.25, 0.3) is 5.76 Å². The largest absolute Gasteiger partial charge is 0.508 e. The molecule has 0 unspecified atom stereocenters. The number of aromatic hydroxyl groups is 3. The molecule has 2 aromatic carbocycles. The van der Waals surface area contributed by atoms with Crippen LogP contribution in [-0.4, -0.2) is 26.2 Å². The van der Waals surface area contributed by atoms with Crippen LogP contribution >= 0.6 is 0 Å². The molecule has 0 radical (unpaired) electrons. The average molecular weight is 286 g/mol. The average Bonchev–Trinajstić information content (AvgIpc) is 2.76. The van der Waals surface area contributed by atoms with Crippen molar-refractivity contribution < 1.29 is 30.0 Å². The molecule has 0 spiro atoms. The minimum atomic E-state index is -0.687. The molecule has 106 valence electrons. The Balaban J connectivity index is 2.10. The van der Waals surface area contributed by atoms with Crippen molar-refractivity contribution in [1.29, 1.82) is 0 Å². The third-order valence-corrected chi connectivity index (χ3v) is 3.07. The normalized spacial score (nSPS) is 15.5. The Bertz CT molecular complexity index is 773. The molecule has 0 aliphatic carbocycles. The summed E-state index contributed by atoms with van der Waals surface area (Å²) >= 11 is 0. The first-order chi connectivity index (χ1) is 9.97. The molecule has 0 aromatic heterocycles. The number of fused-ring (bicyclic) bond motifs is 1. The van der Waals surface area contributed by atoms with Gasteiger partial charge in [0.15, 0.2) is 5.76 Å². The number of phenolic OH excluding ortho intramolecular Hbond substituents is 3. The summed E-state index contributed by atoms with van der Waals surface area (Å²) in [4.78, 5) is 12.2. The molecule has 4 N–H and O–H groups in total. The molecule has 0 amide bonds. The van der Waals surface area contributed by atoms with Gasteiger partial charge in [-0.25, -0.2) is 0 Å². The van der Waals surface area contributed by atoms with E-state index in [1.165, 1.54) is 30.3 Å². The van der Waals surface area contributed by atoms with Gasteiger partial charge in [-0.2, -0.15) is 0 Å². The van der Waals surface area contributed by atoms with Crippen LogP contribution in [0.2, 0.25) is 0 Å². The van der Waals surface area contributed by atoms with Crippen LogP contribution in [0.15, 0.2) is 42.2 Å². The Kier molecular flexibility index (Phi) is 2.72. The van der Waals surface area contributed by atoms with E-state index in [9.17, 15) is 25.2 Å². The maximum atomic E-state index is 12.2. The lowest BCUT2D eigenvalue weighted by atomic mass is 10.1. The summed E-state index contributed by atoms with van der Waals surface area (Å²) in [5.74, 6) is -2.16. The Hall–Kier alpha value is -3.15.